The molecular weight excluding hydrogens is 366 g/mol. The molecule has 7 nitrogen and oxygen atoms in total. The maximum atomic E-state index is 12.9. The second-order valence-corrected chi connectivity index (χ2v) is 7.68. The molecule has 0 aliphatic carbocycles. The normalized spacial score (nSPS) is 18.2. The number of carbonyl (C=O) groups excluding carboxylic acids is 2. The van der Waals surface area contributed by atoms with Crippen LogP contribution in [0.4, 0.5) is 0 Å². The van der Waals surface area contributed by atoms with E-state index in [1.807, 2.05) is 0 Å². The number of hydrogen-bond donors (Lipinski definition) is 2. The number of amides is 1. The minimum atomic E-state index is -3.79. The molecule has 3 N–H and O–H groups in total. The van der Waals surface area contributed by atoms with Gasteiger partial charge in [-0.2, -0.15) is 4.31 Å². The lowest BCUT2D eigenvalue weighted by Gasteiger charge is -2.33. The lowest BCUT2D eigenvalue weighted by molar-refractivity contribution is -0.125. The Morgan fingerprint density at radius 2 is 1.88 bits per heavy atom. The molecule has 1 heterocycles. The average molecular weight is 390 g/mol. The van der Waals surface area contributed by atoms with E-state index in [1.165, 1.54) is 35.5 Å². The van der Waals surface area contributed by atoms with Gasteiger partial charge in [0.05, 0.1) is 4.90 Å². The van der Waals surface area contributed by atoms with Gasteiger partial charge in [0.1, 0.15) is 6.04 Å². The molecule has 1 unspecified atom stereocenters. The average Bonchev–Trinajstić information content (AvgIpc) is 2.59. The minimum absolute atomic E-state index is 0. The molecule has 1 aliphatic rings. The molecule has 0 aromatic heterocycles. The smallest absolute Gasteiger partial charge is 0.243 e. The Morgan fingerprint density at radius 1 is 1.24 bits per heavy atom. The number of nitrogens with two attached hydrogens (primary N) is 1. The van der Waals surface area contributed by atoms with E-state index >= 15 is 0 Å². The highest BCUT2D eigenvalue weighted by molar-refractivity contribution is 7.89. The third-order valence-electron chi connectivity index (χ3n) is 4.07. The molecule has 9 heteroatoms. The van der Waals surface area contributed by atoms with Gasteiger partial charge in [-0.15, -0.1) is 12.4 Å². The van der Waals surface area contributed by atoms with Gasteiger partial charge in [0.2, 0.25) is 15.9 Å². The summed E-state index contributed by atoms with van der Waals surface area (Å²) in [5, 5.41) is 2.66. The monoisotopic (exact) mass is 389 g/mol. The molecule has 1 saturated heterocycles. The molecule has 0 spiro atoms. The maximum absolute atomic E-state index is 12.9. The Labute approximate surface area is 154 Å². The van der Waals surface area contributed by atoms with E-state index in [4.69, 9.17) is 5.73 Å². The number of carbonyl (C=O) groups is 2. The first-order chi connectivity index (χ1) is 11.4. The van der Waals surface area contributed by atoms with Crippen LogP contribution in [0.15, 0.2) is 29.2 Å². The van der Waals surface area contributed by atoms with Crippen LogP contribution in [-0.4, -0.2) is 50.1 Å². The van der Waals surface area contributed by atoms with Gasteiger partial charge in [-0.25, -0.2) is 8.42 Å². The third-order valence-corrected chi connectivity index (χ3v) is 5.99. The van der Waals surface area contributed by atoms with Gasteiger partial charge in [-0.1, -0.05) is 18.6 Å². The molecule has 2 rings (SSSR count). The summed E-state index contributed by atoms with van der Waals surface area (Å²) >= 11 is 0. The van der Waals surface area contributed by atoms with Gasteiger partial charge < -0.3 is 11.1 Å². The Bertz CT molecular complexity index is 707. The van der Waals surface area contributed by atoms with Crippen molar-refractivity contribution in [2.75, 3.05) is 19.6 Å². The van der Waals surface area contributed by atoms with Crippen molar-refractivity contribution < 1.29 is 18.0 Å². The van der Waals surface area contributed by atoms with Crippen LogP contribution in [0.3, 0.4) is 0 Å². The molecular formula is C16H24ClN3O4S. The molecule has 1 fully saturated rings. The first-order valence-corrected chi connectivity index (χ1v) is 9.42. The summed E-state index contributed by atoms with van der Waals surface area (Å²) in [6, 6.07) is 5.08. The largest absolute Gasteiger partial charge is 0.353 e. The summed E-state index contributed by atoms with van der Waals surface area (Å²) in [5.74, 6) is -0.444. The van der Waals surface area contributed by atoms with Crippen LogP contribution in [0.25, 0.3) is 0 Å². The number of halogens is 1. The van der Waals surface area contributed by atoms with E-state index in [2.05, 4.69) is 5.32 Å². The molecule has 140 valence electrons. The zero-order chi connectivity index (χ0) is 17.7. The third kappa shape index (κ3) is 5.01. The Balaban J connectivity index is 0.00000312. The Hall–Kier alpha value is -1.48. The lowest BCUT2D eigenvalue weighted by Crippen LogP contribution is -2.52. The Morgan fingerprint density at radius 3 is 2.44 bits per heavy atom. The molecule has 1 atom stereocenters. The van der Waals surface area contributed by atoms with E-state index in [0.29, 0.717) is 38.0 Å². The topological polar surface area (TPSA) is 110 Å². The summed E-state index contributed by atoms with van der Waals surface area (Å²) in [4.78, 5) is 23.7. The van der Waals surface area contributed by atoms with Crippen LogP contribution in [0.2, 0.25) is 0 Å². The number of ketones is 1. The molecule has 0 saturated carbocycles. The Kier molecular flexibility index (Phi) is 8.01. The van der Waals surface area contributed by atoms with E-state index in [9.17, 15) is 18.0 Å². The van der Waals surface area contributed by atoms with Crippen molar-refractivity contribution in [3.8, 4) is 0 Å². The fraction of sp³-hybridized carbons (Fsp3) is 0.500. The zero-order valence-corrected chi connectivity index (χ0v) is 15.7. The van der Waals surface area contributed by atoms with Crippen molar-refractivity contribution in [1.82, 2.24) is 9.62 Å². The number of sulfonamides is 1. The van der Waals surface area contributed by atoms with E-state index in [-0.39, 0.29) is 29.0 Å². The van der Waals surface area contributed by atoms with E-state index in [1.54, 1.807) is 0 Å². The van der Waals surface area contributed by atoms with Crippen LogP contribution in [0.1, 0.15) is 36.5 Å². The summed E-state index contributed by atoms with van der Waals surface area (Å²) in [6.07, 6.45) is 2.00. The summed E-state index contributed by atoms with van der Waals surface area (Å²) < 4.78 is 27.0. The van der Waals surface area contributed by atoms with Gasteiger partial charge in [0.25, 0.3) is 0 Å². The second kappa shape index (κ2) is 9.28. The number of piperidine rings is 1. The van der Waals surface area contributed by atoms with Crippen molar-refractivity contribution in [1.29, 1.82) is 0 Å². The number of nitrogens with zero attached hydrogens (tertiary/aromatic N) is 1. The van der Waals surface area contributed by atoms with Crippen molar-refractivity contribution >= 4 is 34.1 Å². The molecule has 1 aromatic rings. The molecule has 1 aromatic carbocycles. The highest BCUT2D eigenvalue weighted by atomic mass is 35.5. The number of benzene rings is 1. The van der Waals surface area contributed by atoms with Crippen LogP contribution in [0.5, 0.6) is 0 Å². The molecule has 1 amide bonds. The number of hydrogen-bond acceptors (Lipinski definition) is 5. The lowest BCUT2D eigenvalue weighted by atomic mass is 10.0. The fourth-order valence-corrected chi connectivity index (χ4v) is 4.42. The number of Topliss-reactive ketones (excluding diaryl/α,β-unsaturated/α-hetero) is 1. The van der Waals surface area contributed by atoms with Crippen molar-refractivity contribution in [3.05, 3.63) is 29.8 Å². The van der Waals surface area contributed by atoms with Crippen molar-refractivity contribution in [2.45, 2.75) is 37.1 Å². The predicted octanol–water partition coefficient (Wildman–Crippen LogP) is 0.929. The van der Waals surface area contributed by atoms with E-state index < -0.39 is 16.1 Å². The van der Waals surface area contributed by atoms with Gasteiger partial charge in [-0.3, -0.25) is 9.59 Å². The highest BCUT2D eigenvalue weighted by Crippen LogP contribution is 2.25. The molecule has 0 radical (unpaired) electrons. The molecule has 0 bridgehead atoms. The summed E-state index contributed by atoms with van der Waals surface area (Å²) in [5.41, 5.74) is 5.83. The number of rotatable bonds is 6. The summed E-state index contributed by atoms with van der Waals surface area (Å²) in [7, 11) is -3.79. The van der Waals surface area contributed by atoms with Crippen molar-refractivity contribution in [2.24, 2.45) is 5.73 Å². The SMILES string of the molecule is CC(=O)c1ccc(S(=O)(=O)N2CCCCC2C(=O)NCCN)cc1.Cl. The van der Waals surface area contributed by atoms with Gasteiger partial charge in [0.15, 0.2) is 5.78 Å². The van der Waals surface area contributed by atoms with Crippen LogP contribution in [0, 0.1) is 0 Å². The predicted molar refractivity (Wildman–Crippen MR) is 97.3 cm³/mol. The van der Waals surface area contributed by atoms with Crippen molar-refractivity contribution in [3.63, 3.8) is 0 Å². The summed E-state index contributed by atoms with van der Waals surface area (Å²) in [6.45, 7) is 2.34. The van der Waals surface area contributed by atoms with Crippen LogP contribution < -0.4 is 11.1 Å². The standard InChI is InChI=1S/C16H23N3O4S.ClH/c1-12(20)13-5-7-14(8-6-13)24(22,23)19-11-3-2-4-15(19)16(21)18-10-9-17;/h5-8,15H,2-4,9-11,17H2,1H3,(H,18,21);1H. The van der Waals surface area contributed by atoms with Crippen LogP contribution in [-0.2, 0) is 14.8 Å². The molecule has 25 heavy (non-hydrogen) atoms. The maximum Gasteiger partial charge on any atom is 0.243 e. The van der Waals surface area contributed by atoms with Gasteiger partial charge in [0, 0.05) is 25.2 Å². The minimum Gasteiger partial charge on any atom is -0.353 e. The molecule has 1 aliphatic heterocycles. The van der Waals surface area contributed by atoms with Gasteiger partial charge >= 0.3 is 0 Å². The fourth-order valence-electron chi connectivity index (χ4n) is 2.76. The van der Waals surface area contributed by atoms with Crippen LogP contribution >= 0.6 is 12.4 Å². The zero-order valence-electron chi connectivity index (χ0n) is 14.1. The quantitative estimate of drug-likeness (QED) is 0.703. The second-order valence-electron chi connectivity index (χ2n) is 5.79. The first kappa shape index (κ1) is 21.6. The first-order valence-electron chi connectivity index (χ1n) is 7.98. The number of nitrogens with one attached hydrogen (secondary N) is 1. The highest BCUT2D eigenvalue weighted by Gasteiger charge is 2.37. The van der Waals surface area contributed by atoms with Gasteiger partial charge in [-0.05, 0) is 31.9 Å². The van der Waals surface area contributed by atoms with E-state index in [0.717, 1.165) is 6.42 Å².